The van der Waals surface area contributed by atoms with Gasteiger partial charge in [-0.05, 0) is 45.1 Å². The Balaban J connectivity index is 1.33. The molecule has 13 heteroatoms. The van der Waals surface area contributed by atoms with Crippen molar-refractivity contribution in [3.63, 3.8) is 0 Å². The van der Waals surface area contributed by atoms with Crippen LogP contribution in [-0.4, -0.2) is 117 Å². The Morgan fingerprint density at radius 2 is 1.68 bits per heavy atom. The van der Waals surface area contributed by atoms with E-state index >= 15 is 0 Å². The van der Waals surface area contributed by atoms with Crippen molar-refractivity contribution in [2.45, 2.75) is 48.6 Å². The van der Waals surface area contributed by atoms with Crippen LogP contribution in [0.3, 0.4) is 0 Å². The number of sulfonamides is 1. The van der Waals surface area contributed by atoms with Gasteiger partial charge in [0.1, 0.15) is 11.5 Å². The lowest BCUT2D eigenvalue weighted by atomic mass is 10.0. The van der Waals surface area contributed by atoms with Crippen LogP contribution in [0.1, 0.15) is 25.7 Å². The monoisotopic (exact) mass is 582 g/mol. The number of carbonyl (C=O) groups is 1. The maximum Gasteiger partial charge on any atom is 0.251 e. The lowest BCUT2D eigenvalue weighted by Gasteiger charge is -2.42. The minimum absolute atomic E-state index is 0.0842. The van der Waals surface area contributed by atoms with Crippen LogP contribution in [0.5, 0.6) is 0 Å². The zero-order chi connectivity index (χ0) is 26.8. The topological polar surface area (TPSA) is 73.4 Å². The normalized spacial score (nSPS) is 24.9. The van der Waals surface area contributed by atoms with Gasteiger partial charge in [0, 0.05) is 51.6 Å². The third kappa shape index (κ3) is 6.93. The quantitative estimate of drug-likeness (QED) is 0.492. The number of benzene rings is 1. The molecule has 0 radical (unpaired) electrons. The third-order valence-electron chi connectivity index (χ3n) is 7.53. The van der Waals surface area contributed by atoms with Crippen LogP contribution in [-0.2, 0) is 19.6 Å². The minimum atomic E-state index is -4.26. The molecule has 3 saturated heterocycles. The molecule has 0 unspecified atom stereocenters. The van der Waals surface area contributed by atoms with E-state index in [0.717, 1.165) is 43.3 Å². The minimum Gasteiger partial charge on any atom is -0.370 e. The van der Waals surface area contributed by atoms with Crippen LogP contribution in [0.2, 0.25) is 10.0 Å². The zero-order valence-electron chi connectivity index (χ0n) is 20.9. The van der Waals surface area contributed by atoms with Crippen molar-refractivity contribution < 1.29 is 26.7 Å². The van der Waals surface area contributed by atoms with Gasteiger partial charge in [-0.15, -0.1) is 0 Å². The van der Waals surface area contributed by atoms with Crippen molar-refractivity contribution in [1.29, 1.82) is 0 Å². The Bertz CT molecular complexity index is 1040. The number of amides is 1. The summed E-state index contributed by atoms with van der Waals surface area (Å²) in [6.07, 6.45) is 0.916. The predicted molar refractivity (Wildman–Crippen MR) is 138 cm³/mol. The first-order valence-electron chi connectivity index (χ1n) is 12.6. The van der Waals surface area contributed by atoms with E-state index in [1.165, 1.54) is 18.2 Å². The first kappa shape index (κ1) is 28.9. The zero-order valence-corrected chi connectivity index (χ0v) is 23.2. The number of hydrogen-bond acceptors (Lipinski definition) is 6. The summed E-state index contributed by atoms with van der Waals surface area (Å²) in [5.41, 5.74) is 0. The third-order valence-corrected chi connectivity index (χ3v) is 10.4. The molecule has 0 saturated carbocycles. The molecule has 0 spiro atoms. The Morgan fingerprint density at radius 3 is 2.30 bits per heavy atom. The molecule has 3 aliphatic rings. The lowest BCUT2D eigenvalue weighted by molar-refractivity contribution is -0.139. The summed E-state index contributed by atoms with van der Waals surface area (Å²) in [5, 5.41) is -0.168. The van der Waals surface area contributed by atoms with Gasteiger partial charge < -0.3 is 14.5 Å². The Kier molecular flexibility index (Phi) is 9.36. The van der Waals surface area contributed by atoms with E-state index in [0.29, 0.717) is 19.1 Å². The van der Waals surface area contributed by atoms with E-state index in [1.807, 2.05) is 0 Å². The maximum atomic E-state index is 14.3. The summed E-state index contributed by atoms with van der Waals surface area (Å²) in [6.45, 7) is 3.87. The number of alkyl halides is 2. The summed E-state index contributed by atoms with van der Waals surface area (Å²) in [7, 11) is -2.14. The molecular weight excluding hydrogens is 549 g/mol. The van der Waals surface area contributed by atoms with E-state index in [4.69, 9.17) is 27.9 Å². The number of halogens is 4. The van der Waals surface area contributed by atoms with Crippen LogP contribution < -0.4 is 0 Å². The highest BCUT2D eigenvalue weighted by Crippen LogP contribution is 2.38. The first-order valence-corrected chi connectivity index (χ1v) is 14.8. The summed E-state index contributed by atoms with van der Waals surface area (Å²) >= 11 is 12.2. The van der Waals surface area contributed by atoms with Crippen molar-refractivity contribution in [3.8, 4) is 0 Å². The molecule has 208 valence electrons. The highest BCUT2D eigenvalue weighted by atomic mass is 35.5. The molecule has 0 aromatic heterocycles. The second-order valence-electron chi connectivity index (χ2n) is 10.1. The largest absolute Gasteiger partial charge is 0.370 e. The Hall–Kier alpha value is -1.08. The number of piperidine rings is 2. The number of likely N-dealkylation sites (tertiary alicyclic amines) is 1. The molecule has 8 nitrogen and oxygen atoms in total. The average molecular weight is 584 g/mol. The molecule has 0 bridgehead atoms. The van der Waals surface area contributed by atoms with E-state index in [1.54, 1.807) is 4.90 Å². The van der Waals surface area contributed by atoms with Crippen molar-refractivity contribution in [2.24, 2.45) is 0 Å². The van der Waals surface area contributed by atoms with Gasteiger partial charge in [-0.2, -0.15) is 4.31 Å². The summed E-state index contributed by atoms with van der Waals surface area (Å²) in [4.78, 5) is 18.9. The molecule has 3 aliphatic heterocycles. The van der Waals surface area contributed by atoms with E-state index in [-0.39, 0.29) is 34.1 Å². The molecule has 0 aliphatic carbocycles. The predicted octanol–water partition coefficient (Wildman–Crippen LogP) is 3.04. The number of nitrogens with zero attached hydrogens (tertiary/aromatic N) is 4. The number of ether oxygens (including phenoxy) is 1. The van der Waals surface area contributed by atoms with E-state index in [2.05, 4.69) is 16.8 Å². The molecule has 4 rings (SSSR count). The highest BCUT2D eigenvalue weighted by molar-refractivity contribution is 7.89. The fourth-order valence-electron chi connectivity index (χ4n) is 5.38. The summed E-state index contributed by atoms with van der Waals surface area (Å²) < 4.78 is 61.7. The first-order chi connectivity index (χ1) is 17.5. The summed E-state index contributed by atoms with van der Waals surface area (Å²) in [6, 6.07) is 3.66. The Labute approximate surface area is 227 Å². The molecule has 1 atom stereocenters. The average Bonchev–Trinajstić information content (AvgIpc) is 2.83. The number of hydrogen-bond donors (Lipinski definition) is 0. The molecule has 37 heavy (non-hydrogen) atoms. The number of carbonyl (C=O) groups excluding carboxylic acids is 1. The van der Waals surface area contributed by atoms with Crippen LogP contribution in [0.4, 0.5) is 8.78 Å². The Morgan fingerprint density at radius 1 is 1.05 bits per heavy atom. The molecule has 0 N–H and O–H groups in total. The maximum absolute atomic E-state index is 14.3. The molecule has 3 fully saturated rings. The number of rotatable bonds is 7. The van der Waals surface area contributed by atoms with Gasteiger partial charge in [0.2, 0.25) is 15.9 Å². The van der Waals surface area contributed by atoms with Crippen LogP contribution in [0.15, 0.2) is 23.1 Å². The van der Waals surface area contributed by atoms with Crippen LogP contribution in [0.25, 0.3) is 0 Å². The second kappa shape index (κ2) is 12.0. The van der Waals surface area contributed by atoms with Crippen molar-refractivity contribution >= 4 is 39.1 Å². The lowest BCUT2D eigenvalue weighted by Crippen LogP contribution is -2.55. The summed E-state index contributed by atoms with van der Waals surface area (Å²) in [5.74, 6) is -3.27. The molecule has 1 aromatic rings. The van der Waals surface area contributed by atoms with Gasteiger partial charge in [-0.1, -0.05) is 29.3 Å². The van der Waals surface area contributed by atoms with E-state index in [9.17, 15) is 22.0 Å². The standard InChI is InChI=1S/C24H34Cl2F2N4O4S/c1-29-8-5-18(6-9-29)30-11-13-31(14-12-30)22(33)17-36-16-19-15-24(27,28)7-10-32(19)37(34,35)23-20(25)3-2-4-21(23)26/h2-4,18-19H,5-17H2,1H3/t19-/m0/s1. The van der Waals surface area contributed by atoms with Crippen molar-refractivity contribution in [2.75, 3.05) is 66.1 Å². The second-order valence-corrected chi connectivity index (χ2v) is 12.7. The van der Waals surface area contributed by atoms with Crippen LogP contribution in [0, 0.1) is 0 Å². The fraction of sp³-hybridized carbons (Fsp3) is 0.708. The van der Waals surface area contributed by atoms with E-state index < -0.39 is 41.4 Å². The van der Waals surface area contributed by atoms with Gasteiger partial charge in [-0.3, -0.25) is 9.69 Å². The fourth-order valence-corrected chi connectivity index (χ4v) is 8.09. The SMILES string of the molecule is CN1CCC(N2CCN(C(=O)COC[C@@H]3CC(F)(F)CCN3S(=O)(=O)c3c(Cl)cccc3Cl)CC2)CC1. The van der Waals surface area contributed by atoms with Gasteiger partial charge >= 0.3 is 0 Å². The van der Waals surface area contributed by atoms with Gasteiger partial charge in [0.05, 0.1) is 22.7 Å². The molecule has 3 heterocycles. The van der Waals surface area contributed by atoms with Crippen molar-refractivity contribution in [3.05, 3.63) is 28.2 Å². The smallest absolute Gasteiger partial charge is 0.251 e. The molecule has 1 amide bonds. The molecular formula is C24H34Cl2F2N4O4S. The van der Waals surface area contributed by atoms with Gasteiger partial charge in [0.25, 0.3) is 5.92 Å². The number of piperazine rings is 1. The van der Waals surface area contributed by atoms with Crippen LogP contribution >= 0.6 is 23.2 Å². The molecule has 1 aromatic carbocycles. The highest BCUT2D eigenvalue weighted by Gasteiger charge is 2.46. The van der Waals surface area contributed by atoms with Crippen molar-refractivity contribution in [1.82, 2.24) is 19.0 Å². The van der Waals surface area contributed by atoms with Gasteiger partial charge in [0.15, 0.2) is 0 Å². The van der Waals surface area contributed by atoms with Gasteiger partial charge in [-0.25, -0.2) is 17.2 Å².